The quantitative estimate of drug-likeness (QED) is 0.541. The van der Waals surface area contributed by atoms with Crippen LogP contribution >= 0.6 is 0 Å². The summed E-state index contributed by atoms with van der Waals surface area (Å²) in [5, 5.41) is 7.17. The smallest absolute Gasteiger partial charge is 0.322 e. The molecule has 0 aliphatic carbocycles. The molecule has 2 amide bonds. The van der Waals surface area contributed by atoms with E-state index < -0.39 is 0 Å². The fourth-order valence-electron chi connectivity index (χ4n) is 5.62. The summed E-state index contributed by atoms with van der Waals surface area (Å²) >= 11 is 0. The van der Waals surface area contributed by atoms with Crippen LogP contribution in [0.25, 0.3) is 10.9 Å². The fourth-order valence-corrected chi connectivity index (χ4v) is 5.62. The molecular formula is C27H30N6O2. The zero-order valence-corrected chi connectivity index (χ0v) is 20.3. The first-order chi connectivity index (χ1) is 17.0. The standard InChI is InChI=1S/C27H30N6O2/c1-5-18-8-7-9-20(12-18)30-25-21-13-23(24(35-4)14-22(21)28-17-29-25)31-26(34)33-15-19-10-11-32(3)27(19,6-2)16-33/h1,7-9,12-14,17,19H,6,10-11,15-16H2,2-4H3,(H,31,34)(H,28,29,30). The average Bonchev–Trinajstić information content (AvgIpc) is 3.41. The first-order valence-electron chi connectivity index (χ1n) is 11.9. The number of aromatic nitrogens is 2. The molecule has 180 valence electrons. The van der Waals surface area contributed by atoms with Gasteiger partial charge < -0.3 is 20.3 Å². The molecule has 0 radical (unpaired) electrons. The lowest BCUT2D eigenvalue weighted by molar-refractivity contribution is 0.148. The first kappa shape index (κ1) is 22.9. The molecule has 2 aliphatic rings. The Morgan fingerprint density at radius 2 is 2.17 bits per heavy atom. The van der Waals surface area contributed by atoms with Crippen LogP contribution in [0.15, 0.2) is 42.7 Å². The van der Waals surface area contributed by atoms with Gasteiger partial charge in [-0.15, -0.1) is 6.42 Å². The molecule has 8 heteroatoms. The van der Waals surface area contributed by atoms with Gasteiger partial charge in [-0.05, 0) is 56.6 Å². The zero-order valence-electron chi connectivity index (χ0n) is 20.3. The Hall–Kier alpha value is -3.83. The van der Waals surface area contributed by atoms with Crippen molar-refractivity contribution in [1.29, 1.82) is 0 Å². The first-order valence-corrected chi connectivity index (χ1v) is 11.9. The van der Waals surface area contributed by atoms with Crippen molar-refractivity contribution in [3.8, 4) is 18.1 Å². The number of urea groups is 1. The van der Waals surface area contributed by atoms with Gasteiger partial charge >= 0.3 is 6.03 Å². The zero-order chi connectivity index (χ0) is 24.6. The van der Waals surface area contributed by atoms with Gasteiger partial charge in [-0.1, -0.05) is 18.9 Å². The molecule has 8 nitrogen and oxygen atoms in total. The van der Waals surface area contributed by atoms with E-state index in [1.807, 2.05) is 41.3 Å². The Bertz CT molecular complexity index is 1320. The molecule has 0 bridgehead atoms. The number of nitrogens with zero attached hydrogens (tertiary/aromatic N) is 4. The van der Waals surface area contributed by atoms with E-state index in [1.54, 1.807) is 7.11 Å². The minimum atomic E-state index is -0.119. The normalized spacial score (nSPS) is 21.5. The van der Waals surface area contributed by atoms with E-state index in [0.29, 0.717) is 28.7 Å². The molecule has 35 heavy (non-hydrogen) atoms. The summed E-state index contributed by atoms with van der Waals surface area (Å²) in [6.07, 6.45) is 9.20. The third kappa shape index (κ3) is 4.02. The van der Waals surface area contributed by atoms with Gasteiger partial charge in [0.2, 0.25) is 0 Å². The Labute approximate surface area is 205 Å². The van der Waals surface area contributed by atoms with Crippen LogP contribution < -0.4 is 15.4 Å². The number of benzene rings is 2. The maximum atomic E-state index is 13.3. The van der Waals surface area contributed by atoms with Crippen LogP contribution in [0.4, 0.5) is 22.0 Å². The van der Waals surface area contributed by atoms with Crippen molar-refractivity contribution in [2.45, 2.75) is 25.3 Å². The van der Waals surface area contributed by atoms with Crippen LogP contribution in [0.2, 0.25) is 0 Å². The second-order valence-electron chi connectivity index (χ2n) is 9.32. The number of fused-ring (bicyclic) bond motifs is 2. The Morgan fingerprint density at radius 3 is 2.91 bits per heavy atom. The number of likely N-dealkylation sites (N-methyl/N-ethyl adjacent to an activating group) is 1. The number of ether oxygens (including phenoxy) is 1. The number of likely N-dealkylation sites (tertiary alicyclic amines) is 2. The van der Waals surface area contributed by atoms with Crippen LogP contribution in [-0.2, 0) is 0 Å². The fraction of sp³-hybridized carbons (Fsp3) is 0.370. The van der Waals surface area contributed by atoms with Gasteiger partial charge in [0.1, 0.15) is 17.9 Å². The van der Waals surface area contributed by atoms with E-state index in [9.17, 15) is 4.79 Å². The number of methoxy groups -OCH3 is 1. The average molecular weight is 471 g/mol. The summed E-state index contributed by atoms with van der Waals surface area (Å²) in [7, 11) is 3.76. The molecule has 2 unspecified atom stereocenters. The number of carbonyl (C=O) groups excluding carboxylic acids is 1. The number of hydrogen-bond donors (Lipinski definition) is 2. The number of nitrogens with one attached hydrogen (secondary N) is 2. The van der Waals surface area contributed by atoms with Crippen molar-refractivity contribution in [2.24, 2.45) is 5.92 Å². The summed E-state index contributed by atoms with van der Waals surface area (Å²) in [5.74, 6) is 4.31. The van der Waals surface area contributed by atoms with Gasteiger partial charge in [-0.3, -0.25) is 4.90 Å². The van der Waals surface area contributed by atoms with Crippen LogP contribution in [0, 0.1) is 18.3 Å². The van der Waals surface area contributed by atoms with Gasteiger partial charge in [0.05, 0.1) is 18.3 Å². The Balaban J connectivity index is 1.43. The second kappa shape index (κ2) is 9.08. The maximum Gasteiger partial charge on any atom is 0.322 e. The van der Waals surface area contributed by atoms with E-state index in [2.05, 4.69) is 45.4 Å². The van der Waals surface area contributed by atoms with E-state index in [0.717, 1.165) is 49.1 Å². The van der Waals surface area contributed by atoms with Gasteiger partial charge in [0, 0.05) is 41.3 Å². The third-order valence-electron chi connectivity index (χ3n) is 7.63. The molecule has 0 saturated carbocycles. The van der Waals surface area contributed by atoms with Crippen molar-refractivity contribution < 1.29 is 9.53 Å². The number of rotatable bonds is 5. The molecule has 3 heterocycles. The van der Waals surface area contributed by atoms with Crippen LogP contribution in [0.5, 0.6) is 5.75 Å². The highest BCUT2D eigenvalue weighted by atomic mass is 16.5. The van der Waals surface area contributed by atoms with Crippen molar-refractivity contribution >= 4 is 34.1 Å². The molecule has 2 saturated heterocycles. The maximum absolute atomic E-state index is 13.3. The SMILES string of the molecule is C#Cc1cccc(Nc2ncnc3cc(OC)c(NC(=O)N4CC5CCN(C)C5(CC)C4)cc23)c1. The highest BCUT2D eigenvalue weighted by Crippen LogP contribution is 2.43. The van der Waals surface area contributed by atoms with Crippen LogP contribution in [0.3, 0.4) is 0 Å². The van der Waals surface area contributed by atoms with Gasteiger partial charge in [-0.2, -0.15) is 0 Å². The number of terminal acetylenes is 1. The minimum Gasteiger partial charge on any atom is -0.494 e. The van der Waals surface area contributed by atoms with Gasteiger partial charge in [-0.25, -0.2) is 14.8 Å². The van der Waals surface area contributed by atoms with E-state index in [-0.39, 0.29) is 11.6 Å². The van der Waals surface area contributed by atoms with Crippen LogP contribution in [-0.4, -0.2) is 65.1 Å². The van der Waals surface area contributed by atoms with Gasteiger partial charge in [0.25, 0.3) is 0 Å². The Morgan fingerprint density at radius 1 is 1.31 bits per heavy atom. The lowest BCUT2D eigenvalue weighted by Crippen LogP contribution is -2.48. The molecule has 0 spiro atoms. The molecule has 2 fully saturated rings. The van der Waals surface area contributed by atoms with E-state index in [4.69, 9.17) is 11.2 Å². The lowest BCUT2D eigenvalue weighted by Gasteiger charge is -2.35. The monoisotopic (exact) mass is 470 g/mol. The minimum absolute atomic E-state index is 0.0721. The highest BCUT2D eigenvalue weighted by Gasteiger charge is 2.52. The largest absolute Gasteiger partial charge is 0.494 e. The number of carbonyl (C=O) groups is 1. The molecule has 2 aromatic carbocycles. The molecule has 5 rings (SSSR count). The van der Waals surface area contributed by atoms with Crippen molar-refractivity contribution in [3.63, 3.8) is 0 Å². The summed E-state index contributed by atoms with van der Waals surface area (Å²) < 4.78 is 5.59. The number of hydrogen-bond acceptors (Lipinski definition) is 6. The van der Waals surface area contributed by atoms with Crippen molar-refractivity contribution in [1.82, 2.24) is 19.8 Å². The second-order valence-corrected chi connectivity index (χ2v) is 9.32. The molecule has 1 aromatic heterocycles. The number of amides is 2. The highest BCUT2D eigenvalue weighted by molar-refractivity contribution is 5.99. The molecule has 2 aliphatic heterocycles. The molecule has 3 aromatic rings. The Kier molecular flexibility index (Phi) is 5.95. The van der Waals surface area contributed by atoms with Crippen molar-refractivity contribution in [3.05, 3.63) is 48.3 Å². The van der Waals surface area contributed by atoms with E-state index in [1.165, 1.54) is 6.33 Å². The molecule has 2 N–H and O–H groups in total. The predicted octanol–water partition coefficient (Wildman–Crippen LogP) is 4.31. The lowest BCUT2D eigenvalue weighted by atomic mass is 9.86. The molecular weight excluding hydrogens is 440 g/mol. The third-order valence-corrected chi connectivity index (χ3v) is 7.63. The predicted molar refractivity (Wildman–Crippen MR) is 138 cm³/mol. The summed E-state index contributed by atoms with van der Waals surface area (Å²) in [6, 6.07) is 11.1. The van der Waals surface area contributed by atoms with Crippen LogP contribution in [0.1, 0.15) is 25.3 Å². The van der Waals surface area contributed by atoms with E-state index >= 15 is 0 Å². The summed E-state index contributed by atoms with van der Waals surface area (Å²) in [6.45, 7) is 4.80. The molecule has 2 atom stereocenters. The number of anilines is 3. The van der Waals surface area contributed by atoms with Gasteiger partial charge in [0.15, 0.2) is 0 Å². The van der Waals surface area contributed by atoms with Crippen molar-refractivity contribution in [2.75, 3.05) is 44.4 Å². The topological polar surface area (TPSA) is 82.6 Å². The summed E-state index contributed by atoms with van der Waals surface area (Å²) in [4.78, 5) is 26.5. The summed E-state index contributed by atoms with van der Waals surface area (Å²) in [5.41, 5.74) is 2.94.